The zero-order chi connectivity index (χ0) is 20.4. The topological polar surface area (TPSA) is 69.3 Å². The van der Waals surface area contributed by atoms with E-state index in [1.54, 1.807) is 18.5 Å². The molecule has 1 aromatic rings. The minimum absolute atomic E-state index is 0.146. The molecular formula is C20H24N4O2S2. The van der Waals surface area contributed by atoms with Gasteiger partial charge in [-0.1, -0.05) is 30.9 Å². The van der Waals surface area contributed by atoms with Gasteiger partial charge in [0.05, 0.1) is 4.91 Å². The van der Waals surface area contributed by atoms with Gasteiger partial charge in [0.2, 0.25) is 0 Å². The number of pyridine rings is 1. The van der Waals surface area contributed by atoms with Crippen molar-refractivity contribution in [3.63, 3.8) is 0 Å². The van der Waals surface area contributed by atoms with Crippen molar-refractivity contribution in [2.45, 2.75) is 46.1 Å². The van der Waals surface area contributed by atoms with Crippen LogP contribution in [0.5, 0.6) is 0 Å². The third-order valence-electron chi connectivity index (χ3n) is 5.21. The van der Waals surface area contributed by atoms with Crippen LogP contribution in [0.1, 0.15) is 49.3 Å². The quantitative estimate of drug-likeness (QED) is 0.554. The monoisotopic (exact) mass is 416 g/mol. The number of likely N-dealkylation sites (N-methyl/N-ethyl adjacent to an activating group) is 1. The number of hydrogen-bond donors (Lipinski definition) is 0. The Balaban J connectivity index is 2.28. The van der Waals surface area contributed by atoms with E-state index >= 15 is 0 Å². The Bertz CT molecular complexity index is 952. The van der Waals surface area contributed by atoms with Crippen molar-refractivity contribution in [1.82, 2.24) is 9.47 Å². The maximum atomic E-state index is 13.0. The number of aromatic nitrogens is 1. The predicted molar refractivity (Wildman–Crippen MR) is 117 cm³/mol. The van der Waals surface area contributed by atoms with E-state index in [1.165, 1.54) is 23.1 Å². The van der Waals surface area contributed by atoms with Crippen LogP contribution < -0.4 is 10.5 Å². The average molecular weight is 417 g/mol. The van der Waals surface area contributed by atoms with E-state index in [0.29, 0.717) is 21.3 Å². The van der Waals surface area contributed by atoms with Crippen LogP contribution >= 0.6 is 24.0 Å². The number of amides is 1. The van der Waals surface area contributed by atoms with Gasteiger partial charge in [-0.2, -0.15) is 5.26 Å². The first kappa shape index (κ1) is 20.6. The van der Waals surface area contributed by atoms with Crippen LogP contribution in [-0.2, 0) is 11.3 Å². The summed E-state index contributed by atoms with van der Waals surface area (Å²) in [6.07, 6.45) is 5.90. The van der Waals surface area contributed by atoms with Gasteiger partial charge in [-0.25, -0.2) is 0 Å². The number of hydrogen-bond acceptors (Lipinski definition) is 6. The van der Waals surface area contributed by atoms with Crippen LogP contribution in [0.25, 0.3) is 6.08 Å². The molecule has 8 heteroatoms. The molecule has 3 heterocycles. The molecule has 28 heavy (non-hydrogen) atoms. The summed E-state index contributed by atoms with van der Waals surface area (Å²) >= 11 is 6.51. The van der Waals surface area contributed by atoms with E-state index < -0.39 is 0 Å². The molecule has 0 radical (unpaired) electrons. The van der Waals surface area contributed by atoms with E-state index in [1.807, 2.05) is 13.0 Å². The number of carbonyl (C=O) groups excluding carboxylic acids is 1. The number of thioether (sulfide) groups is 1. The fraction of sp³-hybridized carbons (Fsp3) is 0.500. The number of nitriles is 1. The maximum absolute atomic E-state index is 13.0. The Hall–Kier alpha value is -2.11. The lowest BCUT2D eigenvalue weighted by Gasteiger charge is -2.33. The number of piperidine rings is 1. The molecule has 2 aliphatic rings. The first-order valence-corrected chi connectivity index (χ1v) is 10.8. The van der Waals surface area contributed by atoms with E-state index in [4.69, 9.17) is 12.2 Å². The summed E-state index contributed by atoms with van der Waals surface area (Å²) in [5.41, 5.74) is 1.30. The lowest BCUT2D eigenvalue weighted by atomic mass is 10.0. The van der Waals surface area contributed by atoms with Crippen LogP contribution in [-0.4, -0.2) is 39.8 Å². The molecule has 0 atom stereocenters. The first-order chi connectivity index (χ1) is 13.4. The van der Waals surface area contributed by atoms with E-state index in [9.17, 15) is 14.9 Å². The van der Waals surface area contributed by atoms with E-state index in [0.717, 1.165) is 43.7 Å². The van der Waals surface area contributed by atoms with Gasteiger partial charge in [0.15, 0.2) is 0 Å². The molecule has 2 aliphatic heterocycles. The molecule has 1 aromatic heterocycles. The van der Waals surface area contributed by atoms with Crippen LogP contribution in [0.15, 0.2) is 9.70 Å². The standard InChI is InChI=1S/C20H24N4O2S2/c1-4-8-24-17(23-9-6-5-7-10-23)14(13(2)15(12-21)18(24)25)11-16-19(26)22(3)20(27)28-16/h11H,4-10H2,1-3H3/b16-11-. The molecule has 3 rings (SSSR count). The molecule has 0 unspecified atom stereocenters. The second-order valence-electron chi connectivity index (χ2n) is 7.09. The molecule has 0 bridgehead atoms. The van der Waals surface area contributed by atoms with Crippen molar-refractivity contribution in [1.29, 1.82) is 5.26 Å². The Labute approximate surface area is 174 Å². The molecule has 0 aromatic carbocycles. The summed E-state index contributed by atoms with van der Waals surface area (Å²) in [6.45, 7) is 6.08. The Morgan fingerprint density at radius 3 is 2.46 bits per heavy atom. The van der Waals surface area contributed by atoms with Gasteiger partial charge in [-0.15, -0.1) is 0 Å². The number of carbonyl (C=O) groups is 1. The lowest BCUT2D eigenvalue weighted by Crippen LogP contribution is -2.37. The van der Waals surface area contributed by atoms with Gasteiger partial charge in [0, 0.05) is 32.2 Å². The van der Waals surface area contributed by atoms with Gasteiger partial charge < -0.3 is 4.90 Å². The molecule has 1 amide bonds. The van der Waals surface area contributed by atoms with Gasteiger partial charge in [0.25, 0.3) is 11.5 Å². The van der Waals surface area contributed by atoms with Crippen molar-refractivity contribution in [3.8, 4) is 6.07 Å². The lowest BCUT2D eigenvalue weighted by molar-refractivity contribution is -0.121. The smallest absolute Gasteiger partial charge is 0.270 e. The molecule has 2 saturated heterocycles. The van der Waals surface area contributed by atoms with Crippen LogP contribution in [0.4, 0.5) is 5.82 Å². The SMILES string of the molecule is CCCn1c(N2CCCCC2)c(/C=C2\SC(=S)N(C)C2=O)c(C)c(C#N)c1=O. The maximum Gasteiger partial charge on any atom is 0.270 e. The van der Waals surface area contributed by atoms with Crippen LogP contribution in [0.2, 0.25) is 0 Å². The highest BCUT2D eigenvalue weighted by molar-refractivity contribution is 8.26. The second kappa shape index (κ2) is 8.50. The van der Waals surface area contributed by atoms with Gasteiger partial charge in [-0.3, -0.25) is 19.1 Å². The van der Waals surface area contributed by atoms with Crippen molar-refractivity contribution in [2.75, 3.05) is 25.0 Å². The zero-order valence-corrected chi connectivity index (χ0v) is 18.1. The Morgan fingerprint density at radius 2 is 1.93 bits per heavy atom. The summed E-state index contributed by atoms with van der Waals surface area (Å²) in [5.74, 6) is 0.676. The molecule has 0 N–H and O–H groups in total. The molecule has 148 valence electrons. The van der Waals surface area contributed by atoms with Crippen LogP contribution in [0.3, 0.4) is 0 Å². The summed E-state index contributed by atoms with van der Waals surface area (Å²) in [6, 6.07) is 2.08. The van der Waals surface area contributed by atoms with Crippen LogP contribution in [0, 0.1) is 18.3 Å². The molecule has 6 nitrogen and oxygen atoms in total. The molecule has 2 fully saturated rings. The van der Waals surface area contributed by atoms with Crippen molar-refractivity contribution in [2.24, 2.45) is 0 Å². The highest BCUT2D eigenvalue weighted by Gasteiger charge is 2.31. The Kier molecular flexibility index (Phi) is 6.26. The number of thiocarbonyl (C=S) groups is 1. The Morgan fingerprint density at radius 1 is 1.25 bits per heavy atom. The summed E-state index contributed by atoms with van der Waals surface area (Å²) in [4.78, 5) is 29.8. The summed E-state index contributed by atoms with van der Waals surface area (Å²) in [5, 5.41) is 9.62. The number of nitrogens with zero attached hydrogens (tertiary/aromatic N) is 4. The van der Waals surface area contributed by atoms with Crippen molar-refractivity contribution < 1.29 is 4.79 Å². The highest BCUT2D eigenvalue weighted by atomic mass is 32.2. The fourth-order valence-corrected chi connectivity index (χ4v) is 4.86. The minimum atomic E-state index is -0.248. The first-order valence-electron chi connectivity index (χ1n) is 9.54. The van der Waals surface area contributed by atoms with Crippen molar-refractivity contribution in [3.05, 3.63) is 31.9 Å². The number of anilines is 1. The summed E-state index contributed by atoms with van der Waals surface area (Å²) < 4.78 is 2.23. The summed E-state index contributed by atoms with van der Waals surface area (Å²) in [7, 11) is 1.66. The second-order valence-corrected chi connectivity index (χ2v) is 8.77. The highest BCUT2D eigenvalue weighted by Crippen LogP contribution is 2.35. The van der Waals surface area contributed by atoms with Gasteiger partial charge >= 0.3 is 0 Å². The van der Waals surface area contributed by atoms with E-state index in [-0.39, 0.29) is 17.0 Å². The predicted octanol–water partition coefficient (Wildman–Crippen LogP) is 3.26. The normalized spacial score (nSPS) is 18.9. The van der Waals surface area contributed by atoms with Gasteiger partial charge in [0.1, 0.15) is 21.8 Å². The van der Waals surface area contributed by atoms with Gasteiger partial charge in [-0.05, 0) is 44.2 Å². The third-order valence-corrected chi connectivity index (χ3v) is 6.70. The molecule has 0 spiro atoms. The zero-order valence-electron chi connectivity index (χ0n) is 16.4. The molecular weight excluding hydrogens is 392 g/mol. The van der Waals surface area contributed by atoms with Crippen molar-refractivity contribution >= 4 is 46.1 Å². The minimum Gasteiger partial charge on any atom is -0.357 e. The molecule has 0 saturated carbocycles. The van der Waals surface area contributed by atoms with E-state index in [2.05, 4.69) is 11.0 Å². The third kappa shape index (κ3) is 3.61. The average Bonchev–Trinajstić information content (AvgIpc) is 2.93. The molecule has 0 aliphatic carbocycles. The number of rotatable bonds is 4. The largest absolute Gasteiger partial charge is 0.357 e. The fourth-order valence-electron chi connectivity index (χ4n) is 3.70.